The number of alkyl halides is 1. The third-order valence-corrected chi connectivity index (χ3v) is 5.18. The Labute approximate surface area is 173 Å². The molecule has 1 saturated heterocycles. The monoisotopic (exact) mass is 410 g/mol. The molecule has 2 N–H and O–H groups in total. The summed E-state index contributed by atoms with van der Waals surface area (Å²) in [7, 11) is 1.74. The van der Waals surface area contributed by atoms with Crippen molar-refractivity contribution in [2.24, 2.45) is 0 Å². The van der Waals surface area contributed by atoms with E-state index >= 15 is 4.39 Å². The van der Waals surface area contributed by atoms with Gasteiger partial charge in [-0.05, 0) is 25.1 Å². The number of nitrogens with zero attached hydrogens (tertiary/aromatic N) is 4. The molecule has 0 spiro atoms. The maximum Gasteiger partial charge on any atom is 0.255 e. The van der Waals surface area contributed by atoms with E-state index in [1.54, 1.807) is 31.6 Å². The maximum atomic E-state index is 15.3. The number of aromatic nitrogens is 3. The van der Waals surface area contributed by atoms with Gasteiger partial charge in [0.25, 0.3) is 11.8 Å². The molecule has 156 valence electrons. The fourth-order valence-corrected chi connectivity index (χ4v) is 3.71. The van der Waals surface area contributed by atoms with Gasteiger partial charge in [0.1, 0.15) is 11.3 Å². The third kappa shape index (κ3) is 3.96. The summed E-state index contributed by atoms with van der Waals surface area (Å²) >= 11 is 0. The van der Waals surface area contributed by atoms with Crippen LogP contribution in [0.2, 0.25) is 0 Å². The summed E-state index contributed by atoms with van der Waals surface area (Å²) in [6.07, 6.45) is 6.30. The molecule has 30 heavy (non-hydrogen) atoms. The highest BCUT2D eigenvalue weighted by Gasteiger charge is 2.37. The fourth-order valence-electron chi connectivity index (χ4n) is 3.71. The maximum absolute atomic E-state index is 15.3. The van der Waals surface area contributed by atoms with Crippen LogP contribution in [-0.4, -0.2) is 75.5 Å². The Kier molecular flexibility index (Phi) is 5.11. The van der Waals surface area contributed by atoms with Gasteiger partial charge in [-0.3, -0.25) is 14.6 Å². The van der Waals surface area contributed by atoms with Crippen molar-refractivity contribution in [3.05, 3.63) is 54.1 Å². The lowest BCUT2D eigenvalue weighted by Gasteiger charge is -2.27. The first-order chi connectivity index (χ1) is 14.4. The lowest BCUT2D eigenvalue weighted by atomic mass is 10.1. The van der Waals surface area contributed by atoms with Gasteiger partial charge in [-0.1, -0.05) is 0 Å². The summed E-state index contributed by atoms with van der Waals surface area (Å²) < 4.78 is 15.3. The average Bonchev–Trinajstić information content (AvgIpc) is 3.15. The molecule has 0 saturated carbocycles. The topological polar surface area (TPSA) is 94.2 Å². The first kappa shape index (κ1) is 19.8. The Bertz CT molecular complexity index is 1100. The summed E-state index contributed by atoms with van der Waals surface area (Å²) in [5, 5.41) is 3.75. The molecule has 1 aliphatic rings. The first-order valence-corrected chi connectivity index (χ1v) is 9.70. The number of anilines is 1. The number of nitrogens with one attached hydrogen (secondary N) is 2. The molecule has 0 radical (unpaired) electrons. The summed E-state index contributed by atoms with van der Waals surface area (Å²) in [5.74, 6) is -0.615. The number of fused-ring (bicyclic) bond motifs is 1. The minimum atomic E-state index is -1.75. The van der Waals surface area contributed by atoms with E-state index in [-0.39, 0.29) is 38.0 Å². The standard InChI is InChI=1S/C21H23FN6O2/c1-21(22)12-27(19(29)15-7-14-3-4-25-18(14)26-10-15)5-6-28(13-21)20(30)16-8-17(23-2)11-24-9-16/h3-4,7-11,23H,5-6,12-13H2,1-2H3,(H,25,26). The molecule has 3 aromatic heterocycles. The van der Waals surface area contributed by atoms with Crippen LogP contribution in [0.4, 0.5) is 10.1 Å². The number of halogens is 1. The van der Waals surface area contributed by atoms with E-state index in [0.29, 0.717) is 22.5 Å². The second kappa shape index (κ2) is 7.74. The van der Waals surface area contributed by atoms with Crippen molar-refractivity contribution in [1.29, 1.82) is 0 Å². The fraction of sp³-hybridized carbons (Fsp3) is 0.333. The van der Waals surface area contributed by atoms with Gasteiger partial charge in [0, 0.05) is 50.3 Å². The molecular formula is C21H23FN6O2. The number of amides is 2. The molecule has 3 aromatic rings. The summed E-state index contributed by atoms with van der Waals surface area (Å²) in [5.41, 5.74) is 0.403. The van der Waals surface area contributed by atoms with Crippen molar-refractivity contribution in [3.8, 4) is 0 Å². The number of H-pyrrole nitrogens is 1. The molecule has 0 aliphatic carbocycles. The van der Waals surface area contributed by atoms with Crippen LogP contribution in [0.5, 0.6) is 0 Å². The first-order valence-electron chi connectivity index (χ1n) is 9.70. The number of pyridine rings is 2. The number of carbonyl (C=O) groups is 2. The number of hydrogen-bond acceptors (Lipinski definition) is 5. The SMILES string of the molecule is CNc1cncc(C(=O)N2CCN(C(=O)c3cnc4[nH]ccc4c3)CC(C)(F)C2)c1. The molecule has 8 nitrogen and oxygen atoms in total. The minimum absolute atomic E-state index is 0.102. The zero-order valence-corrected chi connectivity index (χ0v) is 16.9. The number of hydrogen-bond donors (Lipinski definition) is 2. The van der Waals surface area contributed by atoms with Crippen LogP contribution in [0, 0.1) is 0 Å². The van der Waals surface area contributed by atoms with Crippen LogP contribution in [0.25, 0.3) is 11.0 Å². The molecule has 0 aromatic carbocycles. The predicted octanol–water partition coefficient (Wildman–Crippen LogP) is 2.33. The Hall–Kier alpha value is -3.49. The van der Waals surface area contributed by atoms with Crippen LogP contribution < -0.4 is 5.32 Å². The van der Waals surface area contributed by atoms with Crippen molar-refractivity contribution in [2.45, 2.75) is 12.6 Å². The second-order valence-electron chi connectivity index (χ2n) is 7.72. The summed E-state index contributed by atoms with van der Waals surface area (Å²) in [4.78, 5) is 40.1. The zero-order chi connectivity index (χ0) is 21.3. The Morgan fingerprint density at radius 1 is 1.10 bits per heavy atom. The number of aromatic amines is 1. The van der Waals surface area contributed by atoms with Crippen LogP contribution in [-0.2, 0) is 0 Å². The molecule has 4 heterocycles. The molecule has 9 heteroatoms. The molecule has 2 amide bonds. The van der Waals surface area contributed by atoms with E-state index < -0.39 is 5.67 Å². The van der Waals surface area contributed by atoms with Crippen molar-refractivity contribution in [1.82, 2.24) is 24.8 Å². The molecule has 1 unspecified atom stereocenters. The number of carbonyl (C=O) groups excluding carboxylic acids is 2. The minimum Gasteiger partial charge on any atom is -0.387 e. The second-order valence-corrected chi connectivity index (χ2v) is 7.72. The van der Waals surface area contributed by atoms with Crippen molar-refractivity contribution >= 4 is 28.5 Å². The lowest BCUT2D eigenvalue weighted by Crippen LogP contribution is -2.43. The van der Waals surface area contributed by atoms with E-state index in [4.69, 9.17) is 0 Å². The molecule has 1 fully saturated rings. The van der Waals surface area contributed by atoms with E-state index in [9.17, 15) is 9.59 Å². The molecular weight excluding hydrogens is 387 g/mol. The van der Waals surface area contributed by atoms with Gasteiger partial charge in [-0.25, -0.2) is 9.37 Å². The largest absolute Gasteiger partial charge is 0.387 e. The van der Waals surface area contributed by atoms with Gasteiger partial charge >= 0.3 is 0 Å². The van der Waals surface area contributed by atoms with E-state index in [2.05, 4.69) is 20.3 Å². The normalized spacial score (nSPS) is 19.6. The summed E-state index contributed by atoms with van der Waals surface area (Å²) in [6, 6.07) is 5.24. The van der Waals surface area contributed by atoms with Gasteiger partial charge in [0.15, 0.2) is 0 Å². The zero-order valence-electron chi connectivity index (χ0n) is 16.9. The molecule has 1 aliphatic heterocycles. The Balaban J connectivity index is 1.54. The Morgan fingerprint density at radius 2 is 1.77 bits per heavy atom. The van der Waals surface area contributed by atoms with Gasteiger partial charge in [0.2, 0.25) is 0 Å². The van der Waals surface area contributed by atoms with Crippen LogP contribution in [0.1, 0.15) is 27.6 Å². The third-order valence-electron chi connectivity index (χ3n) is 5.18. The van der Waals surface area contributed by atoms with Gasteiger partial charge < -0.3 is 20.1 Å². The lowest BCUT2D eigenvalue weighted by molar-refractivity contribution is 0.0598. The predicted molar refractivity (Wildman–Crippen MR) is 111 cm³/mol. The highest BCUT2D eigenvalue weighted by molar-refractivity contribution is 5.97. The van der Waals surface area contributed by atoms with Crippen molar-refractivity contribution in [3.63, 3.8) is 0 Å². The van der Waals surface area contributed by atoms with Crippen molar-refractivity contribution < 1.29 is 14.0 Å². The van der Waals surface area contributed by atoms with E-state index in [1.165, 1.54) is 29.1 Å². The quantitative estimate of drug-likeness (QED) is 0.691. The molecule has 0 bridgehead atoms. The van der Waals surface area contributed by atoms with Gasteiger partial charge in [-0.2, -0.15) is 0 Å². The van der Waals surface area contributed by atoms with Crippen LogP contribution >= 0.6 is 0 Å². The van der Waals surface area contributed by atoms with E-state index in [1.807, 2.05) is 6.07 Å². The molecule has 4 rings (SSSR count). The number of rotatable bonds is 3. The highest BCUT2D eigenvalue weighted by atomic mass is 19.1. The van der Waals surface area contributed by atoms with Crippen LogP contribution in [0.15, 0.2) is 43.0 Å². The average molecular weight is 410 g/mol. The Morgan fingerprint density at radius 3 is 2.43 bits per heavy atom. The van der Waals surface area contributed by atoms with Crippen molar-refractivity contribution in [2.75, 3.05) is 38.5 Å². The molecule has 1 atom stereocenters. The highest BCUT2D eigenvalue weighted by Crippen LogP contribution is 2.22. The smallest absolute Gasteiger partial charge is 0.255 e. The van der Waals surface area contributed by atoms with Gasteiger partial charge in [-0.15, -0.1) is 0 Å². The van der Waals surface area contributed by atoms with E-state index in [0.717, 1.165) is 5.39 Å². The van der Waals surface area contributed by atoms with Gasteiger partial charge in [0.05, 0.1) is 29.9 Å². The summed E-state index contributed by atoms with van der Waals surface area (Å²) in [6.45, 7) is 1.67. The van der Waals surface area contributed by atoms with Crippen LogP contribution in [0.3, 0.4) is 0 Å².